The maximum Gasteiger partial charge on any atom is 0.339 e. The third-order valence-corrected chi connectivity index (χ3v) is 5.14. The molecule has 0 bridgehead atoms. The normalized spacial score (nSPS) is 10.9. The predicted octanol–water partition coefficient (Wildman–Crippen LogP) is 4.64. The Kier molecular flexibility index (Phi) is 5.55. The van der Waals surface area contributed by atoms with Crippen LogP contribution < -0.4 is 0 Å². The number of aryl methyl sites for hydroxylation is 1. The zero-order chi connectivity index (χ0) is 22.8. The van der Waals surface area contributed by atoms with E-state index >= 15 is 0 Å². The first kappa shape index (κ1) is 21.0. The van der Waals surface area contributed by atoms with Gasteiger partial charge in [0.15, 0.2) is 11.4 Å². The summed E-state index contributed by atoms with van der Waals surface area (Å²) in [6.45, 7) is 3.96. The van der Waals surface area contributed by atoms with Gasteiger partial charge in [-0.1, -0.05) is 31.2 Å². The van der Waals surface area contributed by atoms with Crippen molar-refractivity contribution in [2.45, 2.75) is 20.3 Å². The van der Waals surface area contributed by atoms with Crippen LogP contribution in [-0.4, -0.2) is 37.8 Å². The van der Waals surface area contributed by atoms with E-state index in [1.165, 1.54) is 29.8 Å². The number of hydrogen-bond donors (Lipinski definition) is 2. The summed E-state index contributed by atoms with van der Waals surface area (Å²) in [6.07, 6.45) is 0.905. The minimum absolute atomic E-state index is 0.182. The molecule has 0 atom stereocenters. The van der Waals surface area contributed by atoms with E-state index in [9.17, 15) is 20.0 Å². The Morgan fingerprint density at radius 2 is 1.84 bits per heavy atom. The van der Waals surface area contributed by atoms with Crippen LogP contribution in [0.1, 0.15) is 29.8 Å². The molecule has 0 saturated carbocycles. The van der Waals surface area contributed by atoms with Crippen molar-refractivity contribution in [2.75, 3.05) is 6.61 Å². The van der Waals surface area contributed by atoms with Crippen LogP contribution in [0.4, 0.5) is 5.69 Å². The molecule has 0 fully saturated rings. The number of nitro benzene ring substituents is 1. The zero-order valence-corrected chi connectivity index (χ0v) is 17.5. The number of fused-ring (bicyclic) bond motifs is 1. The van der Waals surface area contributed by atoms with Crippen molar-refractivity contribution in [2.24, 2.45) is 0 Å². The molecule has 2 N–H and O–H groups in total. The minimum Gasteiger partial charge on any atom is -0.502 e. The number of phenolic OH excluding ortho intramolecular Hbond substituents is 1. The van der Waals surface area contributed by atoms with Crippen molar-refractivity contribution in [1.82, 2.24) is 15.2 Å². The molecule has 0 saturated heterocycles. The van der Waals surface area contributed by atoms with E-state index < -0.39 is 22.3 Å². The number of nitrogens with one attached hydrogen (secondary N) is 1. The van der Waals surface area contributed by atoms with Crippen molar-refractivity contribution in [3.05, 3.63) is 69.8 Å². The van der Waals surface area contributed by atoms with Gasteiger partial charge >= 0.3 is 11.7 Å². The van der Waals surface area contributed by atoms with Crippen LogP contribution in [0, 0.1) is 10.1 Å². The quantitative estimate of drug-likeness (QED) is 0.258. The fourth-order valence-corrected chi connectivity index (χ4v) is 3.49. The lowest BCUT2D eigenvalue weighted by Gasteiger charge is -2.09. The van der Waals surface area contributed by atoms with Gasteiger partial charge in [-0.3, -0.25) is 15.2 Å². The zero-order valence-electron chi connectivity index (χ0n) is 17.5. The average Bonchev–Trinajstić information content (AvgIpc) is 3.23. The van der Waals surface area contributed by atoms with Gasteiger partial charge in [0.25, 0.3) is 0 Å². The van der Waals surface area contributed by atoms with Crippen molar-refractivity contribution in [3.8, 4) is 28.3 Å². The summed E-state index contributed by atoms with van der Waals surface area (Å²) in [7, 11) is 0. The monoisotopic (exact) mass is 432 g/mol. The molecule has 0 aliphatic carbocycles. The number of pyridine rings is 1. The molecule has 4 rings (SSSR count). The number of esters is 1. The fraction of sp³-hybridized carbons (Fsp3) is 0.174. The summed E-state index contributed by atoms with van der Waals surface area (Å²) in [4.78, 5) is 27.9. The number of carbonyl (C=O) groups is 1. The summed E-state index contributed by atoms with van der Waals surface area (Å²) in [6, 6.07) is 13.3. The number of nitrogens with zero attached hydrogens (tertiary/aromatic N) is 3. The van der Waals surface area contributed by atoms with Gasteiger partial charge in [-0.15, -0.1) is 0 Å². The first-order valence-corrected chi connectivity index (χ1v) is 10.1. The molecule has 32 heavy (non-hydrogen) atoms. The highest BCUT2D eigenvalue weighted by Crippen LogP contribution is 2.35. The first-order chi connectivity index (χ1) is 15.4. The van der Waals surface area contributed by atoms with Crippen LogP contribution in [0.25, 0.3) is 33.5 Å². The van der Waals surface area contributed by atoms with Crippen LogP contribution in [0.3, 0.4) is 0 Å². The smallest absolute Gasteiger partial charge is 0.339 e. The molecule has 162 valence electrons. The number of benzene rings is 2. The van der Waals surface area contributed by atoms with Crippen molar-refractivity contribution in [3.63, 3.8) is 0 Å². The summed E-state index contributed by atoms with van der Waals surface area (Å²) in [5.74, 6) is -1.01. The average molecular weight is 432 g/mol. The van der Waals surface area contributed by atoms with Gasteiger partial charge in [-0.25, -0.2) is 9.78 Å². The lowest BCUT2D eigenvalue weighted by molar-refractivity contribution is -0.385. The van der Waals surface area contributed by atoms with E-state index in [-0.39, 0.29) is 17.8 Å². The summed E-state index contributed by atoms with van der Waals surface area (Å²) >= 11 is 0. The maximum absolute atomic E-state index is 12.8. The molecule has 0 aliphatic heterocycles. The molecule has 0 spiro atoms. The molecular weight excluding hydrogens is 412 g/mol. The molecule has 2 heterocycles. The Balaban J connectivity index is 1.92. The second kappa shape index (κ2) is 8.46. The second-order valence-electron chi connectivity index (χ2n) is 7.08. The third-order valence-electron chi connectivity index (χ3n) is 5.14. The van der Waals surface area contributed by atoms with Gasteiger partial charge in [-0.05, 0) is 37.1 Å². The molecule has 0 aliphatic rings. The number of carbonyl (C=O) groups excluding carboxylic acids is 1. The SMILES string of the molecule is CCOC(=O)c1cc(-c2ccc(O)c([N+](=O)[O-])c2)nc2n[nH]c(-c3ccc(CC)cc3)c12. The Morgan fingerprint density at radius 1 is 1.12 bits per heavy atom. The van der Waals surface area contributed by atoms with Gasteiger partial charge in [-0.2, -0.15) is 5.10 Å². The lowest BCUT2D eigenvalue weighted by atomic mass is 10.0. The molecule has 0 radical (unpaired) electrons. The van der Waals surface area contributed by atoms with Crippen molar-refractivity contribution >= 4 is 22.7 Å². The second-order valence-corrected chi connectivity index (χ2v) is 7.08. The standard InChI is InChI=1S/C23H20N4O5/c1-3-13-5-7-14(8-6-13)21-20-16(23(29)32-4-2)12-17(24-22(20)26-25-21)15-9-10-19(28)18(11-15)27(30)31/h5-12,28H,3-4H2,1-2H3,(H,24,25,26). The summed E-state index contributed by atoms with van der Waals surface area (Å²) in [5, 5.41) is 28.7. The number of nitro groups is 1. The number of ether oxygens (including phenoxy) is 1. The Morgan fingerprint density at radius 3 is 2.50 bits per heavy atom. The van der Waals surface area contributed by atoms with Gasteiger partial charge in [0.2, 0.25) is 0 Å². The lowest BCUT2D eigenvalue weighted by Crippen LogP contribution is -2.06. The number of aromatic hydroxyl groups is 1. The van der Waals surface area contributed by atoms with Gasteiger partial charge < -0.3 is 9.84 Å². The number of rotatable bonds is 6. The van der Waals surface area contributed by atoms with Crippen LogP contribution in [0.2, 0.25) is 0 Å². The number of aromatic nitrogens is 3. The highest BCUT2D eigenvalue weighted by atomic mass is 16.6. The van der Waals surface area contributed by atoms with Crippen LogP contribution in [0.15, 0.2) is 48.5 Å². The topological polar surface area (TPSA) is 131 Å². The van der Waals surface area contributed by atoms with E-state index in [1.54, 1.807) is 6.92 Å². The molecule has 9 heteroatoms. The van der Waals surface area contributed by atoms with Crippen molar-refractivity contribution < 1.29 is 19.6 Å². The molecule has 2 aromatic heterocycles. The van der Waals surface area contributed by atoms with Crippen LogP contribution >= 0.6 is 0 Å². The molecular formula is C23H20N4O5. The molecule has 4 aromatic rings. The summed E-state index contributed by atoms with van der Waals surface area (Å²) in [5.41, 5.74) is 3.36. The largest absolute Gasteiger partial charge is 0.502 e. The van der Waals surface area contributed by atoms with E-state index in [4.69, 9.17) is 4.74 Å². The van der Waals surface area contributed by atoms with Crippen LogP contribution in [0.5, 0.6) is 5.75 Å². The number of phenols is 1. The maximum atomic E-state index is 12.8. The Bertz CT molecular complexity index is 1330. The minimum atomic E-state index is -0.684. The molecule has 0 amide bonds. The van der Waals surface area contributed by atoms with E-state index in [0.717, 1.165) is 12.0 Å². The first-order valence-electron chi connectivity index (χ1n) is 10.1. The summed E-state index contributed by atoms with van der Waals surface area (Å²) < 4.78 is 5.25. The highest BCUT2D eigenvalue weighted by molar-refractivity contribution is 6.09. The fourth-order valence-electron chi connectivity index (χ4n) is 3.49. The van der Waals surface area contributed by atoms with Gasteiger partial charge in [0, 0.05) is 17.2 Å². The molecule has 0 unspecified atom stereocenters. The molecule has 2 aromatic carbocycles. The predicted molar refractivity (Wildman–Crippen MR) is 118 cm³/mol. The Labute approximate surface area is 182 Å². The van der Waals surface area contributed by atoms with Gasteiger partial charge in [0.1, 0.15) is 0 Å². The van der Waals surface area contributed by atoms with E-state index in [1.807, 2.05) is 24.3 Å². The highest BCUT2D eigenvalue weighted by Gasteiger charge is 2.22. The molecule has 9 nitrogen and oxygen atoms in total. The number of aromatic amines is 1. The Hall–Kier alpha value is -4.27. The third kappa shape index (κ3) is 3.76. The number of H-pyrrole nitrogens is 1. The van der Waals surface area contributed by atoms with Gasteiger partial charge in [0.05, 0.1) is 33.9 Å². The van der Waals surface area contributed by atoms with E-state index in [2.05, 4.69) is 22.1 Å². The van der Waals surface area contributed by atoms with Crippen molar-refractivity contribution in [1.29, 1.82) is 0 Å². The van der Waals surface area contributed by atoms with E-state index in [0.29, 0.717) is 22.3 Å². The van der Waals surface area contributed by atoms with Crippen LogP contribution in [-0.2, 0) is 11.2 Å². The number of hydrogen-bond acceptors (Lipinski definition) is 7.